The Labute approximate surface area is 487 Å². The van der Waals surface area contributed by atoms with Crippen LogP contribution >= 0.6 is 23.5 Å². The number of aliphatic carboxylic acids is 2. The second-order valence-corrected chi connectivity index (χ2v) is 22.1. The number of nitrogens with two attached hydrogens (primary N) is 5. The van der Waals surface area contributed by atoms with Gasteiger partial charge in [0.25, 0.3) is 0 Å². The largest absolute Gasteiger partial charge is 0.508 e. The van der Waals surface area contributed by atoms with Gasteiger partial charge < -0.3 is 86.5 Å². The average molecular weight is 1200 g/mol. The number of aromatic hydroxyl groups is 1. The zero-order valence-corrected chi connectivity index (χ0v) is 49.3. The zero-order chi connectivity index (χ0) is 62.1. The monoisotopic (exact) mass is 1200 g/mol. The number of carbonyl (C=O) groups excluding carboxylic acids is 9. The molecule has 0 radical (unpaired) electrons. The lowest BCUT2D eigenvalue weighted by Crippen LogP contribution is -2.61. The Morgan fingerprint density at radius 3 is 1.54 bits per heavy atom. The first kappa shape index (κ1) is 73.1. The van der Waals surface area contributed by atoms with Crippen LogP contribution in [0.3, 0.4) is 0 Å². The maximum absolute atomic E-state index is 14.4. The van der Waals surface area contributed by atoms with Crippen LogP contribution in [0.25, 0.3) is 0 Å². The van der Waals surface area contributed by atoms with Crippen molar-refractivity contribution in [2.75, 3.05) is 37.1 Å². The first-order chi connectivity index (χ1) is 38.7. The van der Waals surface area contributed by atoms with Gasteiger partial charge in [-0.25, -0.2) is 4.79 Å². The fraction of sp³-hybridized carbons (Fsp3) is 0.654. The van der Waals surface area contributed by atoms with E-state index in [9.17, 15) is 63.0 Å². The molecule has 28 nitrogen and oxygen atoms in total. The first-order valence-corrected chi connectivity index (χ1v) is 29.9. The molecule has 1 aromatic carbocycles. The fourth-order valence-electron chi connectivity index (χ4n) is 7.99. The normalized spacial score (nSPS) is 14.7. The molecule has 0 aliphatic heterocycles. The van der Waals surface area contributed by atoms with Gasteiger partial charge in [-0.2, -0.15) is 23.5 Å². The number of phenolic OH excluding ortho intramolecular Hbond substituents is 1. The van der Waals surface area contributed by atoms with Crippen LogP contribution in [0, 0.1) is 11.8 Å². The number of nitrogens with zero attached hydrogens (tertiary/aromatic N) is 1. The number of carbonyl (C=O) groups is 11. The molecule has 462 valence electrons. The molecule has 9 amide bonds. The number of guanidine groups is 1. The van der Waals surface area contributed by atoms with Crippen LogP contribution in [0.15, 0.2) is 29.3 Å². The Hall–Kier alpha value is -6.92. The molecule has 21 N–H and O–H groups in total. The van der Waals surface area contributed by atoms with E-state index in [4.69, 9.17) is 33.8 Å². The van der Waals surface area contributed by atoms with E-state index in [2.05, 4.69) is 47.5 Å². The Morgan fingerprint density at radius 1 is 0.573 bits per heavy atom. The minimum atomic E-state index is -1.72. The summed E-state index contributed by atoms with van der Waals surface area (Å²) < 4.78 is 0. The molecule has 0 saturated heterocycles. The Kier molecular flexibility index (Phi) is 35.2. The zero-order valence-electron chi connectivity index (χ0n) is 47.7. The number of aliphatic imine (C=N–C) groups is 1. The number of unbranched alkanes of at least 4 members (excludes halogenated alkanes) is 1. The topological polar surface area (TPSA) is 487 Å². The van der Waals surface area contributed by atoms with Gasteiger partial charge in [-0.05, 0) is 118 Å². The van der Waals surface area contributed by atoms with Crippen LogP contribution in [0.1, 0.15) is 110 Å². The molecule has 0 spiro atoms. The smallest absolute Gasteiger partial charge is 0.326 e. The Bertz CT molecular complexity index is 2300. The SMILES string of the molecule is CC[C@H](C)[C@H](NC(=O)[C@H](CCSC)NC(=O)[C@H](CCCCN)NC(=O)[C@H](CCCN=C(N)N)NC(=O)[C@H](CC(N)=O)NC(=O)[C@H](CC(C)C)NC(=O)[C@@H](N)CCC(=O)O)C(=O)N[C@@H](Cc1ccc(O)cc1)C(=O)N[C@@H](CCSC)C(=O)O. The van der Waals surface area contributed by atoms with Crippen molar-refractivity contribution in [2.45, 2.75) is 166 Å². The van der Waals surface area contributed by atoms with Crippen molar-refractivity contribution in [2.24, 2.45) is 45.5 Å². The number of hydrogen-bond donors (Lipinski definition) is 16. The standard InChI is InChI=1S/C52H88N14O14S2/c1-7-29(4)42(50(78)65-38(26-30-13-15-31(67)16-14-30)48(76)62-36(51(79)80)20-24-82-6)66-46(74)35(19-23-81-5)61-44(72)33(11-8-9-21-53)59-45(73)34(12-10-22-58-52(56)57)60-49(77)39(27-40(55)68)64-47(75)37(25-28(2)3)63-43(71)32(54)17-18-41(69)70/h13-16,28-29,32-39,42,67H,7-12,17-27,53-54H2,1-6H3,(H2,55,68)(H,59,73)(H,60,77)(H,61,72)(H,62,76)(H,63,71)(H,64,75)(H,65,78)(H,66,74)(H,69,70)(H,79,80)(H4,56,57,58)/t29-,32-,33-,34-,35-,36-,37-,38-,39-,42-/m0/s1. The lowest BCUT2D eigenvalue weighted by molar-refractivity contribution is -0.142. The van der Waals surface area contributed by atoms with E-state index in [0.29, 0.717) is 36.3 Å². The van der Waals surface area contributed by atoms with Crippen molar-refractivity contribution in [1.82, 2.24) is 42.5 Å². The summed E-state index contributed by atoms with van der Waals surface area (Å²) in [4.78, 5) is 151. The van der Waals surface area contributed by atoms with Gasteiger partial charge in [0, 0.05) is 19.4 Å². The molecule has 10 atom stereocenters. The molecule has 0 fully saturated rings. The molecule has 0 heterocycles. The van der Waals surface area contributed by atoms with Gasteiger partial charge in [-0.1, -0.05) is 46.2 Å². The first-order valence-electron chi connectivity index (χ1n) is 27.1. The van der Waals surface area contributed by atoms with Crippen LogP contribution < -0.4 is 71.2 Å². The van der Waals surface area contributed by atoms with Gasteiger partial charge in [-0.15, -0.1) is 0 Å². The molecule has 1 rings (SSSR count). The summed E-state index contributed by atoms with van der Waals surface area (Å²) >= 11 is 2.73. The maximum Gasteiger partial charge on any atom is 0.326 e. The summed E-state index contributed by atoms with van der Waals surface area (Å²) in [5.41, 5.74) is 28.7. The average Bonchev–Trinajstić information content (AvgIpc) is 3.41. The summed E-state index contributed by atoms with van der Waals surface area (Å²) in [5, 5.41) is 49.5. The van der Waals surface area contributed by atoms with E-state index >= 15 is 0 Å². The molecule has 0 saturated carbocycles. The molecule has 30 heteroatoms. The van der Waals surface area contributed by atoms with Crippen LogP contribution in [-0.4, -0.2) is 178 Å². The number of hydrogen-bond acceptors (Lipinski definition) is 17. The molecule has 1 aromatic rings. The summed E-state index contributed by atoms with van der Waals surface area (Å²) in [7, 11) is 0. The highest BCUT2D eigenvalue weighted by Crippen LogP contribution is 2.16. The number of nitrogens with one attached hydrogen (secondary N) is 8. The van der Waals surface area contributed by atoms with Crippen molar-refractivity contribution in [3.8, 4) is 5.75 Å². The third kappa shape index (κ3) is 29.2. The third-order valence-corrected chi connectivity index (χ3v) is 14.1. The molecule has 0 aliphatic carbocycles. The molecule has 0 aromatic heterocycles. The van der Waals surface area contributed by atoms with E-state index in [1.807, 2.05) is 0 Å². The second kappa shape index (κ2) is 39.5. The highest BCUT2D eigenvalue weighted by Gasteiger charge is 2.37. The van der Waals surface area contributed by atoms with Crippen LogP contribution in [0.4, 0.5) is 0 Å². The molecule has 0 aliphatic rings. The number of thioether (sulfide) groups is 2. The van der Waals surface area contributed by atoms with E-state index in [-0.39, 0.29) is 82.1 Å². The van der Waals surface area contributed by atoms with Crippen molar-refractivity contribution >= 4 is 94.6 Å². The number of rotatable bonds is 42. The predicted octanol–water partition coefficient (Wildman–Crippen LogP) is -2.25. The third-order valence-electron chi connectivity index (χ3n) is 12.8. The highest BCUT2D eigenvalue weighted by atomic mass is 32.2. The van der Waals surface area contributed by atoms with Crippen LogP contribution in [0.2, 0.25) is 0 Å². The van der Waals surface area contributed by atoms with Crippen molar-refractivity contribution < 1.29 is 68.1 Å². The summed E-state index contributed by atoms with van der Waals surface area (Å²) in [6.45, 7) is 7.13. The van der Waals surface area contributed by atoms with Crippen LogP contribution in [-0.2, 0) is 59.2 Å². The van der Waals surface area contributed by atoms with Gasteiger partial charge in [0.15, 0.2) is 5.96 Å². The van der Waals surface area contributed by atoms with E-state index < -0.39 is 138 Å². The molecular formula is C52H88N14O14S2. The van der Waals surface area contributed by atoms with Crippen molar-refractivity contribution in [3.63, 3.8) is 0 Å². The summed E-state index contributed by atoms with van der Waals surface area (Å²) in [5.74, 6) is -10.8. The molecule has 82 heavy (non-hydrogen) atoms. The van der Waals surface area contributed by atoms with Crippen molar-refractivity contribution in [3.05, 3.63) is 29.8 Å². The number of primary amides is 1. The minimum Gasteiger partial charge on any atom is -0.508 e. The highest BCUT2D eigenvalue weighted by molar-refractivity contribution is 7.98. The molecular weight excluding hydrogens is 1110 g/mol. The van der Waals surface area contributed by atoms with Crippen LogP contribution in [0.5, 0.6) is 5.75 Å². The van der Waals surface area contributed by atoms with E-state index in [1.165, 1.54) is 47.8 Å². The second-order valence-electron chi connectivity index (χ2n) is 20.1. The number of phenols is 1. The lowest BCUT2D eigenvalue weighted by atomic mass is 9.96. The lowest BCUT2D eigenvalue weighted by Gasteiger charge is -2.30. The Balaban J connectivity index is 3.64. The van der Waals surface area contributed by atoms with Gasteiger partial charge >= 0.3 is 11.9 Å². The molecule has 0 unspecified atom stereocenters. The predicted molar refractivity (Wildman–Crippen MR) is 311 cm³/mol. The number of amides is 9. The Morgan fingerprint density at radius 2 is 1.04 bits per heavy atom. The number of carboxylic acids is 2. The molecule has 0 bridgehead atoms. The van der Waals surface area contributed by atoms with Gasteiger partial charge in [0.2, 0.25) is 53.2 Å². The summed E-state index contributed by atoms with van der Waals surface area (Å²) in [6.07, 6.45) is 3.05. The maximum atomic E-state index is 14.4. The van der Waals surface area contributed by atoms with Gasteiger partial charge in [0.05, 0.1) is 12.5 Å². The van der Waals surface area contributed by atoms with E-state index in [0.717, 1.165) is 0 Å². The van der Waals surface area contributed by atoms with E-state index in [1.54, 1.807) is 40.2 Å². The minimum absolute atomic E-state index is 0.0192. The van der Waals surface area contributed by atoms with Crippen molar-refractivity contribution in [1.29, 1.82) is 0 Å². The quantitative estimate of drug-likeness (QED) is 0.0187. The van der Waals surface area contributed by atoms with Gasteiger partial charge in [-0.3, -0.25) is 52.9 Å². The fourth-order valence-corrected chi connectivity index (χ4v) is 8.93. The van der Waals surface area contributed by atoms with Gasteiger partial charge in [0.1, 0.15) is 54.1 Å². The number of benzene rings is 1. The number of carboxylic acid groups (broad SMARTS) is 2. The summed E-state index contributed by atoms with van der Waals surface area (Å²) in [6, 6.07) is -6.61.